The Balaban J connectivity index is 2.57. The van der Waals surface area contributed by atoms with Gasteiger partial charge in [-0.1, -0.05) is 12.2 Å². The zero-order valence-electron chi connectivity index (χ0n) is 8.08. The maximum atomic E-state index is 5.58. The highest BCUT2D eigenvalue weighted by Gasteiger charge is 2.09. The molecule has 0 bridgehead atoms. The molecule has 2 heterocycles. The van der Waals surface area contributed by atoms with Gasteiger partial charge < -0.3 is 5.73 Å². The SMILES string of the molecule is Cc1cnn(-c2nnccc2C(N)=S)c1. The summed E-state index contributed by atoms with van der Waals surface area (Å²) in [6.07, 6.45) is 5.12. The number of hydrogen-bond donors (Lipinski definition) is 1. The van der Waals surface area contributed by atoms with Crippen LogP contribution in [0.2, 0.25) is 0 Å². The zero-order chi connectivity index (χ0) is 10.8. The molecule has 0 amide bonds. The molecule has 5 nitrogen and oxygen atoms in total. The van der Waals surface area contributed by atoms with Crippen LogP contribution in [-0.4, -0.2) is 25.0 Å². The second-order valence-electron chi connectivity index (χ2n) is 3.09. The van der Waals surface area contributed by atoms with Crippen molar-refractivity contribution >= 4 is 17.2 Å². The molecule has 0 aliphatic carbocycles. The second-order valence-corrected chi connectivity index (χ2v) is 3.53. The Morgan fingerprint density at radius 2 is 2.33 bits per heavy atom. The number of aromatic nitrogens is 4. The highest BCUT2D eigenvalue weighted by atomic mass is 32.1. The van der Waals surface area contributed by atoms with E-state index in [9.17, 15) is 0 Å². The lowest BCUT2D eigenvalue weighted by Crippen LogP contribution is -2.15. The Kier molecular flexibility index (Phi) is 2.42. The molecule has 0 saturated heterocycles. The maximum absolute atomic E-state index is 5.58. The minimum atomic E-state index is 0.285. The lowest BCUT2D eigenvalue weighted by atomic mass is 10.3. The molecule has 0 fully saturated rings. The number of rotatable bonds is 2. The van der Waals surface area contributed by atoms with Crippen LogP contribution in [0.3, 0.4) is 0 Å². The van der Waals surface area contributed by atoms with Gasteiger partial charge >= 0.3 is 0 Å². The van der Waals surface area contributed by atoms with Gasteiger partial charge in [-0.05, 0) is 18.6 Å². The molecule has 2 aromatic rings. The van der Waals surface area contributed by atoms with Gasteiger partial charge in [-0.3, -0.25) is 0 Å². The van der Waals surface area contributed by atoms with Gasteiger partial charge in [0.25, 0.3) is 0 Å². The topological polar surface area (TPSA) is 69.6 Å². The zero-order valence-corrected chi connectivity index (χ0v) is 8.90. The molecule has 76 valence electrons. The van der Waals surface area contributed by atoms with Crippen LogP contribution in [-0.2, 0) is 0 Å². The van der Waals surface area contributed by atoms with E-state index in [4.69, 9.17) is 18.0 Å². The molecule has 2 N–H and O–H groups in total. The van der Waals surface area contributed by atoms with E-state index in [1.165, 1.54) is 0 Å². The summed E-state index contributed by atoms with van der Waals surface area (Å²) >= 11 is 4.93. The van der Waals surface area contributed by atoms with E-state index in [0.717, 1.165) is 5.56 Å². The van der Waals surface area contributed by atoms with Crippen LogP contribution in [0, 0.1) is 6.92 Å². The van der Waals surface area contributed by atoms with Crippen LogP contribution in [0.5, 0.6) is 0 Å². The van der Waals surface area contributed by atoms with Crippen LogP contribution < -0.4 is 5.73 Å². The highest BCUT2D eigenvalue weighted by molar-refractivity contribution is 7.80. The Morgan fingerprint density at radius 3 is 2.93 bits per heavy atom. The van der Waals surface area contributed by atoms with Gasteiger partial charge in [0.2, 0.25) is 0 Å². The van der Waals surface area contributed by atoms with Gasteiger partial charge in [-0.25, -0.2) is 4.68 Å². The van der Waals surface area contributed by atoms with Crippen molar-refractivity contribution in [2.45, 2.75) is 6.92 Å². The van der Waals surface area contributed by atoms with Crippen LogP contribution in [0.15, 0.2) is 24.7 Å². The van der Waals surface area contributed by atoms with Gasteiger partial charge in [-0.2, -0.15) is 10.2 Å². The molecule has 15 heavy (non-hydrogen) atoms. The average Bonchev–Trinajstić information content (AvgIpc) is 2.65. The fraction of sp³-hybridized carbons (Fsp3) is 0.111. The third kappa shape index (κ3) is 1.84. The van der Waals surface area contributed by atoms with Crippen LogP contribution in [0.4, 0.5) is 0 Å². The van der Waals surface area contributed by atoms with Crippen molar-refractivity contribution < 1.29 is 0 Å². The Hall–Kier alpha value is -1.82. The number of hydrogen-bond acceptors (Lipinski definition) is 4. The summed E-state index contributed by atoms with van der Waals surface area (Å²) in [4.78, 5) is 0.285. The first-order valence-electron chi connectivity index (χ1n) is 4.31. The van der Waals surface area contributed by atoms with Gasteiger partial charge in [0.05, 0.1) is 18.0 Å². The van der Waals surface area contributed by atoms with Crippen LogP contribution in [0.1, 0.15) is 11.1 Å². The third-order valence-corrected chi connectivity index (χ3v) is 2.12. The molecule has 2 rings (SSSR count). The first-order chi connectivity index (χ1) is 7.18. The van der Waals surface area contributed by atoms with Crippen LogP contribution >= 0.6 is 12.2 Å². The molecular weight excluding hydrogens is 210 g/mol. The summed E-state index contributed by atoms with van der Waals surface area (Å²) < 4.78 is 1.61. The van der Waals surface area contributed by atoms with Crippen molar-refractivity contribution in [3.63, 3.8) is 0 Å². The van der Waals surface area contributed by atoms with Crippen molar-refractivity contribution in [3.8, 4) is 5.82 Å². The van der Waals surface area contributed by atoms with Gasteiger partial charge in [0.1, 0.15) is 4.99 Å². The molecule has 0 saturated carbocycles. The Morgan fingerprint density at radius 1 is 1.53 bits per heavy atom. The van der Waals surface area contributed by atoms with Gasteiger partial charge in [0.15, 0.2) is 5.82 Å². The van der Waals surface area contributed by atoms with E-state index in [2.05, 4.69) is 15.3 Å². The van der Waals surface area contributed by atoms with Crippen LogP contribution in [0.25, 0.3) is 5.82 Å². The van der Waals surface area contributed by atoms with E-state index in [1.54, 1.807) is 23.1 Å². The summed E-state index contributed by atoms with van der Waals surface area (Å²) in [6, 6.07) is 1.72. The predicted molar refractivity (Wildman–Crippen MR) is 59.8 cm³/mol. The second kappa shape index (κ2) is 3.74. The number of thiocarbonyl (C=S) groups is 1. The third-order valence-electron chi connectivity index (χ3n) is 1.90. The standard InChI is InChI=1S/C9H9N5S/c1-6-4-12-14(5-6)9-7(8(10)15)2-3-11-13-9/h2-5H,1H3,(H2,10,15). The van der Waals surface area contributed by atoms with Crippen molar-refractivity contribution in [1.82, 2.24) is 20.0 Å². The molecule has 0 aromatic carbocycles. The average molecular weight is 219 g/mol. The van der Waals surface area contributed by atoms with E-state index in [1.807, 2.05) is 13.1 Å². The molecule has 6 heteroatoms. The highest BCUT2D eigenvalue weighted by Crippen LogP contribution is 2.09. The predicted octanol–water partition coefficient (Wildman–Crippen LogP) is 0.605. The number of nitrogens with two attached hydrogens (primary N) is 1. The summed E-state index contributed by atoms with van der Waals surface area (Å²) in [7, 11) is 0. The molecule has 2 aromatic heterocycles. The van der Waals surface area contributed by atoms with E-state index in [0.29, 0.717) is 11.4 Å². The monoisotopic (exact) mass is 219 g/mol. The molecular formula is C9H9N5S. The minimum absolute atomic E-state index is 0.285. The van der Waals surface area contributed by atoms with E-state index < -0.39 is 0 Å². The molecule has 0 atom stereocenters. The first-order valence-corrected chi connectivity index (χ1v) is 4.72. The summed E-state index contributed by atoms with van der Waals surface area (Å²) in [5, 5.41) is 11.9. The first kappa shape index (κ1) is 9.72. The van der Waals surface area contributed by atoms with Crippen molar-refractivity contribution in [2.24, 2.45) is 5.73 Å². The van der Waals surface area contributed by atoms with Gasteiger partial charge in [0, 0.05) is 6.20 Å². The molecule has 0 aliphatic rings. The lowest BCUT2D eigenvalue weighted by molar-refractivity contribution is 0.811. The summed E-state index contributed by atoms with van der Waals surface area (Å²) in [5.41, 5.74) is 7.29. The molecule has 0 spiro atoms. The molecule has 0 radical (unpaired) electrons. The van der Waals surface area contributed by atoms with Crippen molar-refractivity contribution in [3.05, 3.63) is 35.8 Å². The Labute approximate surface area is 91.9 Å². The fourth-order valence-corrected chi connectivity index (χ4v) is 1.37. The van der Waals surface area contributed by atoms with Crippen molar-refractivity contribution in [2.75, 3.05) is 0 Å². The summed E-state index contributed by atoms with van der Waals surface area (Å²) in [6.45, 7) is 1.94. The smallest absolute Gasteiger partial charge is 0.185 e. The summed E-state index contributed by atoms with van der Waals surface area (Å²) in [5.74, 6) is 0.554. The lowest BCUT2D eigenvalue weighted by Gasteiger charge is -2.04. The minimum Gasteiger partial charge on any atom is -0.389 e. The fourth-order valence-electron chi connectivity index (χ4n) is 1.21. The maximum Gasteiger partial charge on any atom is 0.185 e. The van der Waals surface area contributed by atoms with E-state index in [-0.39, 0.29) is 4.99 Å². The van der Waals surface area contributed by atoms with E-state index >= 15 is 0 Å². The van der Waals surface area contributed by atoms with Gasteiger partial charge in [-0.15, -0.1) is 5.10 Å². The normalized spacial score (nSPS) is 10.2. The number of aryl methyl sites for hydroxylation is 1. The number of nitrogens with zero attached hydrogens (tertiary/aromatic N) is 4. The molecule has 0 unspecified atom stereocenters. The van der Waals surface area contributed by atoms with Crippen molar-refractivity contribution in [1.29, 1.82) is 0 Å². The largest absolute Gasteiger partial charge is 0.389 e. The molecule has 0 aliphatic heterocycles. The quantitative estimate of drug-likeness (QED) is 0.749. The Bertz CT molecular complexity index is 505.